The van der Waals surface area contributed by atoms with Crippen LogP contribution in [0.1, 0.15) is 0 Å². The molecule has 0 unspecified atom stereocenters. The van der Waals surface area contributed by atoms with Crippen LogP contribution in [0.25, 0.3) is 11.0 Å². The van der Waals surface area contributed by atoms with Crippen LogP contribution >= 0.6 is 0 Å². The Morgan fingerprint density at radius 3 is 2.75 bits per heavy atom. The molecule has 2 aromatic rings. The van der Waals surface area contributed by atoms with Gasteiger partial charge in [-0.25, -0.2) is 5.84 Å². The fourth-order valence-electron chi connectivity index (χ4n) is 1.34. The lowest BCUT2D eigenvalue weighted by atomic mass is 10.2. The van der Waals surface area contributed by atoms with Crippen molar-refractivity contribution in [1.29, 1.82) is 0 Å². The molecule has 0 saturated carbocycles. The topological polar surface area (TPSA) is 133 Å². The quantitative estimate of drug-likeness (QED) is 0.284. The SMILES string of the molecule is N.NN=[N+](N)c1cccc2c(=O)ccoc12. The minimum Gasteiger partial charge on any atom is -0.459 e. The highest BCUT2D eigenvalue weighted by Gasteiger charge is 2.11. The average Bonchev–Trinajstić information content (AvgIpc) is 2.28. The summed E-state index contributed by atoms with van der Waals surface area (Å²) >= 11 is 0. The molecule has 1 aromatic carbocycles. The molecule has 0 atom stereocenters. The molecule has 0 aliphatic rings. The van der Waals surface area contributed by atoms with Crippen LogP contribution in [-0.2, 0) is 0 Å². The van der Waals surface area contributed by atoms with Crippen molar-refractivity contribution >= 4 is 16.7 Å². The smallest absolute Gasteiger partial charge is 0.221 e. The van der Waals surface area contributed by atoms with Crippen LogP contribution in [-0.4, -0.2) is 4.81 Å². The predicted molar refractivity (Wildman–Crippen MR) is 58.2 cm³/mol. The first-order chi connectivity index (χ1) is 7.24. The van der Waals surface area contributed by atoms with Gasteiger partial charge in [-0.15, -0.1) is 0 Å². The first-order valence-corrected chi connectivity index (χ1v) is 4.20. The Bertz CT molecular complexity index is 590. The van der Waals surface area contributed by atoms with E-state index >= 15 is 0 Å². The number of hydrogen-bond acceptors (Lipinski definition) is 4. The van der Waals surface area contributed by atoms with Gasteiger partial charge in [-0.3, -0.25) is 4.79 Å². The molecule has 2 rings (SSSR count). The van der Waals surface area contributed by atoms with Crippen molar-refractivity contribution < 1.29 is 9.22 Å². The van der Waals surface area contributed by atoms with E-state index in [0.29, 0.717) is 16.7 Å². The summed E-state index contributed by atoms with van der Waals surface area (Å²) in [6, 6.07) is 6.32. The third-order valence-electron chi connectivity index (χ3n) is 2.04. The van der Waals surface area contributed by atoms with Crippen LogP contribution in [0.3, 0.4) is 0 Å². The summed E-state index contributed by atoms with van der Waals surface area (Å²) < 4.78 is 5.21. The molecule has 7 heteroatoms. The number of para-hydroxylation sites is 1. The Morgan fingerprint density at radius 1 is 1.31 bits per heavy atom. The van der Waals surface area contributed by atoms with Crippen molar-refractivity contribution in [2.75, 3.05) is 0 Å². The molecule has 0 aliphatic carbocycles. The highest BCUT2D eigenvalue weighted by atomic mass is 16.3. The van der Waals surface area contributed by atoms with Gasteiger partial charge in [-0.05, 0) is 16.9 Å². The predicted octanol–water partition coefficient (Wildman–Crippen LogP) is 0.799. The van der Waals surface area contributed by atoms with Gasteiger partial charge >= 0.3 is 0 Å². The van der Waals surface area contributed by atoms with Gasteiger partial charge in [0, 0.05) is 6.07 Å². The zero-order chi connectivity index (χ0) is 10.8. The number of hydrazine groups is 1. The molecule has 7 nitrogen and oxygen atoms in total. The van der Waals surface area contributed by atoms with E-state index in [2.05, 4.69) is 5.22 Å². The van der Waals surface area contributed by atoms with E-state index in [1.807, 2.05) is 0 Å². The lowest BCUT2D eigenvalue weighted by molar-refractivity contribution is -0.525. The molecule has 16 heavy (non-hydrogen) atoms. The third-order valence-corrected chi connectivity index (χ3v) is 2.04. The Morgan fingerprint density at radius 2 is 2.06 bits per heavy atom. The number of hydrogen-bond donors (Lipinski definition) is 3. The van der Waals surface area contributed by atoms with E-state index in [1.165, 1.54) is 12.3 Å². The third kappa shape index (κ3) is 1.71. The summed E-state index contributed by atoms with van der Waals surface area (Å²) in [5.41, 5.74) is 0.665. The summed E-state index contributed by atoms with van der Waals surface area (Å²) in [5, 5.41) is 3.73. The largest absolute Gasteiger partial charge is 0.459 e. The Labute approximate surface area is 90.5 Å². The van der Waals surface area contributed by atoms with Gasteiger partial charge in [-0.1, -0.05) is 6.07 Å². The summed E-state index contributed by atoms with van der Waals surface area (Å²) in [7, 11) is 0. The zero-order valence-corrected chi connectivity index (χ0v) is 8.46. The molecule has 0 bridgehead atoms. The van der Waals surface area contributed by atoms with E-state index in [1.54, 1.807) is 18.2 Å². The summed E-state index contributed by atoms with van der Waals surface area (Å²) in [4.78, 5) is 12.4. The zero-order valence-electron chi connectivity index (χ0n) is 8.46. The lowest BCUT2D eigenvalue weighted by Gasteiger charge is -1.99. The summed E-state index contributed by atoms with van der Waals surface area (Å²) in [5.74, 6) is 10.5. The lowest BCUT2D eigenvalue weighted by Crippen LogP contribution is -2.14. The molecule has 1 heterocycles. The average molecular weight is 222 g/mol. The van der Waals surface area contributed by atoms with Gasteiger partial charge in [0.25, 0.3) is 0 Å². The molecule has 0 radical (unpaired) electrons. The first kappa shape index (κ1) is 11.7. The van der Waals surface area contributed by atoms with Crippen molar-refractivity contribution in [2.24, 2.45) is 16.9 Å². The van der Waals surface area contributed by atoms with Crippen molar-refractivity contribution in [3.05, 3.63) is 40.8 Å². The first-order valence-electron chi connectivity index (χ1n) is 4.20. The maximum atomic E-state index is 11.5. The number of nitrogens with two attached hydrogens (primary N) is 2. The van der Waals surface area contributed by atoms with Crippen LogP contribution in [0.5, 0.6) is 0 Å². The second-order valence-electron chi connectivity index (χ2n) is 2.90. The maximum absolute atomic E-state index is 11.5. The Kier molecular flexibility index (Phi) is 3.21. The molecule has 0 aliphatic heterocycles. The van der Waals surface area contributed by atoms with Crippen LogP contribution in [0.2, 0.25) is 0 Å². The normalized spacial score (nSPS) is 11.1. The molecule has 0 fully saturated rings. The molecular formula is C9H12N5O2+. The highest BCUT2D eigenvalue weighted by molar-refractivity contribution is 5.84. The number of benzene rings is 1. The fourth-order valence-corrected chi connectivity index (χ4v) is 1.34. The van der Waals surface area contributed by atoms with Crippen LogP contribution in [0.15, 0.2) is 45.0 Å². The van der Waals surface area contributed by atoms with Crippen molar-refractivity contribution in [1.82, 2.24) is 6.15 Å². The van der Waals surface area contributed by atoms with Gasteiger partial charge < -0.3 is 10.6 Å². The Balaban J connectivity index is 0.00000128. The molecule has 7 N–H and O–H groups in total. The molecule has 1 aromatic heterocycles. The highest BCUT2D eigenvalue weighted by Crippen LogP contribution is 2.21. The van der Waals surface area contributed by atoms with Crippen LogP contribution in [0, 0.1) is 0 Å². The number of fused-ring (bicyclic) bond motifs is 1. The van der Waals surface area contributed by atoms with Crippen molar-refractivity contribution in [3.63, 3.8) is 0 Å². The van der Waals surface area contributed by atoms with E-state index in [-0.39, 0.29) is 11.6 Å². The standard InChI is InChI=1S/C9H8N4O2.H3N/c10-12-13(11)7-3-1-2-6-8(14)4-5-15-9(6)7;/h1-5,10H,11H2;1H3/p+1. The molecule has 0 amide bonds. The van der Waals surface area contributed by atoms with Gasteiger partial charge in [0.1, 0.15) is 5.22 Å². The van der Waals surface area contributed by atoms with Gasteiger partial charge in [-0.2, -0.15) is 5.84 Å². The molecule has 0 spiro atoms. The Hall–Kier alpha value is -2.41. The second-order valence-corrected chi connectivity index (χ2v) is 2.90. The van der Waals surface area contributed by atoms with E-state index in [4.69, 9.17) is 16.1 Å². The van der Waals surface area contributed by atoms with E-state index in [0.717, 1.165) is 4.81 Å². The van der Waals surface area contributed by atoms with Crippen LogP contribution < -0.4 is 23.3 Å². The summed E-state index contributed by atoms with van der Waals surface area (Å²) in [6.07, 6.45) is 1.30. The molecule has 0 saturated heterocycles. The number of nitrogens with zero attached hydrogens (tertiary/aromatic N) is 2. The van der Waals surface area contributed by atoms with E-state index < -0.39 is 0 Å². The molecule has 84 valence electrons. The minimum absolute atomic E-state index is 0. The van der Waals surface area contributed by atoms with Gasteiger partial charge in [0.2, 0.25) is 5.69 Å². The number of rotatable bonds is 1. The monoisotopic (exact) mass is 222 g/mol. The van der Waals surface area contributed by atoms with Crippen molar-refractivity contribution in [3.8, 4) is 0 Å². The van der Waals surface area contributed by atoms with Gasteiger partial charge in [0.05, 0.1) is 11.6 Å². The van der Waals surface area contributed by atoms with Gasteiger partial charge in [0.15, 0.2) is 11.0 Å². The summed E-state index contributed by atoms with van der Waals surface area (Å²) in [6.45, 7) is 0. The maximum Gasteiger partial charge on any atom is 0.221 e. The molecular weight excluding hydrogens is 210 g/mol. The minimum atomic E-state index is -0.136. The van der Waals surface area contributed by atoms with E-state index in [9.17, 15) is 4.79 Å². The van der Waals surface area contributed by atoms with Crippen LogP contribution in [0.4, 0.5) is 5.69 Å². The second kappa shape index (κ2) is 4.41. The van der Waals surface area contributed by atoms with Crippen molar-refractivity contribution in [2.45, 2.75) is 0 Å². The fraction of sp³-hybridized carbons (Fsp3) is 0.